The third-order valence-electron chi connectivity index (χ3n) is 3.10. The summed E-state index contributed by atoms with van der Waals surface area (Å²) in [7, 11) is 0. The van der Waals surface area contributed by atoms with Crippen LogP contribution in [0.3, 0.4) is 0 Å². The second kappa shape index (κ2) is 7.71. The summed E-state index contributed by atoms with van der Waals surface area (Å²) < 4.78 is 18.8. The van der Waals surface area contributed by atoms with Gasteiger partial charge in [0.15, 0.2) is 0 Å². The van der Waals surface area contributed by atoms with Crippen LogP contribution in [0.4, 0.5) is 10.2 Å². The Bertz CT molecular complexity index is 913. The molecule has 6 nitrogen and oxygen atoms in total. The predicted octanol–water partition coefficient (Wildman–Crippen LogP) is 3.69. The Morgan fingerprint density at radius 3 is 3.00 bits per heavy atom. The number of amides is 1. The molecule has 0 atom stereocenters. The number of hydrogen-bond acceptors (Lipinski definition) is 6. The standard InChI is InChI=1S/C17H13FN4O2S/c1-2-15(23)20-14-9-12(6-7-19-14)16-21-22-17(24-16)25-10-11-4-3-5-13(18)8-11/h2-9H,1,10H2,(H,19,20,23). The monoisotopic (exact) mass is 356 g/mol. The molecule has 2 heterocycles. The molecule has 0 spiro atoms. The zero-order chi connectivity index (χ0) is 17.6. The van der Waals surface area contributed by atoms with Crippen molar-refractivity contribution in [3.05, 3.63) is 66.6 Å². The number of anilines is 1. The SMILES string of the molecule is C=CC(=O)Nc1cc(-c2nnc(SCc3cccc(F)c3)o2)ccn1. The smallest absolute Gasteiger partial charge is 0.277 e. The van der Waals surface area contributed by atoms with Crippen molar-refractivity contribution in [1.29, 1.82) is 0 Å². The third kappa shape index (κ3) is 4.51. The minimum Gasteiger partial charge on any atom is -0.411 e. The number of pyridine rings is 1. The van der Waals surface area contributed by atoms with Gasteiger partial charge in [-0.05, 0) is 35.9 Å². The molecule has 0 aliphatic heterocycles. The van der Waals surface area contributed by atoms with Crippen molar-refractivity contribution in [2.24, 2.45) is 0 Å². The summed E-state index contributed by atoms with van der Waals surface area (Å²) in [6, 6.07) is 9.65. The number of nitrogens with zero attached hydrogens (tertiary/aromatic N) is 3. The first-order valence-corrected chi connectivity index (χ1v) is 8.23. The molecule has 1 N–H and O–H groups in total. The molecule has 0 aliphatic rings. The van der Waals surface area contributed by atoms with Crippen LogP contribution in [0.1, 0.15) is 5.56 Å². The fraction of sp³-hybridized carbons (Fsp3) is 0.0588. The molecule has 0 radical (unpaired) electrons. The molecular formula is C17H13FN4O2S. The summed E-state index contributed by atoms with van der Waals surface area (Å²) in [5.41, 5.74) is 1.45. The maximum absolute atomic E-state index is 13.2. The van der Waals surface area contributed by atoms with E-state index < -0.39 is 0 Å². The highest BCUT2D eigenvalue weighted by Gasteiger charge is 2.11. The van der Waals surface area contributed by atoms with Crippen LogP contribution in [-0.4, -0.2) is 21.1 Å². The molecule has 0 fully saturated rings. The molecule has 0 saturated carbocycles. The van der Waals surface area contributed by atoms with Crippen LogP contribution < -0.4 is 5.32 Å². The second-order valence-electron chi connectivity index (χ2n) is 4.91. The molecule has 8 heteroatoms. The summed E-state index contributed by atoms with van der Waals surface area (Å²) in [6.45, 7) is 3.38. The Morgan fingerprint density at radius 2 is 2.20 bits per heavy atom. The minimum absolute atomic E-state index is 0.282. The summed E-state index contributed by atoms with van der Waals surface area (Å²) in [5, 5.41) is 10.9. The van der Waals surface area contributed by atoms with Gasteiger partial charge in [-0.1, -0.05) is 30.5 Å². The average molecular weight is 356 g/mol. The van der Waals surface area contributed by atoms with Crippen molar-refractivity contribution in [2.75, 3.05) is 5.32 Å². The van der Waals surface area contributed by atoms with Crippen LogP contribution in [0.25, 0.3) is 11.5 Å². The Morgan fingerprint density at radius 1 is 1.32 bits per heavy atom. The highest BCUT2D eigenvalue weighted by atomic mass is 32.2. The Balaban J connectivity index is 1.69. The summed E-state index contributed by atoms with van der Waals surface area (Å²) in [5.74, 6) is 0.528. The summed E-state index contributed by atoms with van der Waals surface area (Å²) in [4.78, 5) is 15.4. The number of rotatable bonds is 6. The Labute approximate surface area is 147 Å². The molecule has 1 amide bonds. The van der Waals surface area contributed by atoms with Crippen molar-refractivity contribution in [2.45, 2.75) is 11.0 Å². The van der Waals surface area contributed by atoms with E-state index in [0.717, 1.165) is 11.6 Å². The van der Waals surface area contributed by atoms with Crippen LogP contribution in [0.2, 0.25) is 0 Å². The molecule has 3 rings (SSSR count). The molecule has 1 aromatic carbocycles. The normalized spacial score (nSPS) is 10.4. The topological polar surface area (TPSA) is 80.9 Å². The molecule has 126 valence electrons. The number of benzene rings is 1. The third-order valence-corrected chi connectivity index (χ3v) is 3.99. The van der Waals surface area contributed by atoms with E-state index in [9.17, 15) is 9.18 Å². The van der Waals surface area contributed by atoms with E-state index in [-0.39, 0.29) is 11.7 Å². The lowest BCUT2D eigenvalue weighted by atomic mass is 10.2. The van der Waals surface area contributed by atoms with Gasteiger partial charge in [0.2, 0.25) is 11.8 Å². The summed E-state index contributed by atoms with van der Waals surface area (Å²) >= 11 is 1.31. The van der Waals surface area contributed by atoms with Gasteiger partial charge in [0.25, 0.3) is 5.22 Å². The van der Waals surface area contributed by atoms with Gasteiger partial charge in [-0.15, -0.1) is 10.2 Å². The quantitative estimate of drug-likeness (QED) is 0.536. The number of halogens is 1. The maximum Gasteiger partial charge on any atom is 0.277 e. The van der Waals surface area contributed by atoms with Crippen LogP contribution in [0, 0.1) is 5.82 Å². The van der Waals surface area contributed by atoms with E-state index in [1.54, 1.807) is 18.2 Å². The molecule has 0 bridgehead atoms. The van der Waals surface area contributed by atoms with E-state index >= 15 is 0 Å². The highest BCUT2D eigenvalue weighted by Crippen LogP contribution is 2.26. The number of hydrogen-bond donors (Lipinski definition) is 1. The van der Waals surface area contributed by atoms with Gasteiger partial charge < -0.3 is 9.73 Å². The van der Waals surface area contributed by atoms with Gasteiger partial charge >= 0.3 is 0 Å². The summed E-state index contributed by atoms with van der Waals surface area (Å²) in [6.07, 6.45) is 2.68. The number of aromatic nitrogens is 3. The second-order valence-corrected chi connectivity index (χ2v) is 5.84. The first kappa shape index (κ1) is 16.8. The van der Waals surface area contributed by atoms with Gasteiger partial charge in [-0.25, -0.2) is 9.37 Å². The van der Waals surface area contributed by atoms with Gasteiger partial charge in [0.1, 0.15) is 11.6 Å². The van der Waals surface area contributed by atoms with E-state index in [4.69, 9.17) is 4.42 Å². The molecule has 0 unspecified atom stereocenters. The van der Waals surface area contributed by atoms with Crippen LogP contribution >= 0.6 is 11.8 Å². The van der Waals surface area contributed by atoms with Crippen LogP contribution in [0.15, 0.2) is 64.9 Å². The lowest BCUT2D eigenvalue weighted by molar-refractivity contribution is -0.111. The van der Waals surface area contributed by atoms with E-state index in [2.05, 4.69) is 27.1 Å². The van der Waals surface area contributed by atoms with Gasteiger partial charge in [-0.3, -0.25) is 4.79 Å². The first-order valence-electron chi connectivity index (χ1n) is 7.24. The van der Waals surface area contributed by atoms with Gasteiger partial charge in [0.05, 0.1) is 0 Å². The van der Waals surface area contributed by atoms with Crippen LogP contribution in [0.5, 0.6) is 0 Å². The Hall–Kier alpha value is -3.00. The largest absolute Gasteiger partial charge is 0.411 e. The lowest BCUT2D eigenvalue weighted by Gasteiger charge is -2.01. The fourth-order valence-corrected chi connectivity index (χ4v) is 2.67. The zero-order valence-corrected chi connectivity index (χ0v) is 13.8. The van der Waals surface area contributed by atoms with E-state index in [1.165, 1.54) is 30.1 Å². The molecule has 0 saturated heterocycles. The molecule has 2 aromatic heterocycles. The van der Waals surface area contributed by atoms with Crippen molar-refractivity contribution in [3.8, 4) is 11.5 Å². The number of nitrogens with one attached hydrogen (secondary N) is 1. The highest BCUT2D eigenvalue weighted by molar-refractivity contribution is 7.98. The van der Waals surface area contributed by atoms with Crippen LogP contribution in [-0.2, 0) is 10.5 Å². The average Bonchev–Trinajstić information content (AvgIpc) is 3.09. The van der Waals surface area contributed by atoms with Crippen molar-refractivity contribution < 1.29 is 13.6 Å². The first-order chi connectivity index (χ1) is 12.1. The Kier molecular flexibility index (Phi) is 5.20. The molecular weight excluding hydrogens is 343 g/mol. The number of carbonyl (C=O) groups is 1. The molecule has 25 heavy (non-hydrogen) atoms. The van der Waals surface area contributed by atoms with E-state index in [0.29, 0.717) is 28.2 Å². The lowest BCUT2D eigenvalue weighted by Crippen LogP contribution is -2.08. The van der Waals surface area contributed by atoms with Gasteiger partial charge in [-0.2, -0.15) is 0 Å². The van der Waals surface area contributed by atoms with Crippen molar-refractivity contribution in [3.63, 3.8) is 0 Å². The van der Waals surface area contributed by atoms with E-state index in [1.807, 2.05) is 6.07 Å². The molecule has 3 aromatic rings. The maximum atomic E-state index is 13.2. The number of thioether (sulfide) groups is 1. The minimum atomic E-state index is -0.360. The number of carbonyl (C=O) groups excluding carboxylic acids is 1. The zero-order valence-electron chi connectivity index (χ0n) is 13.0. The molecule has 0 aliphatic carbocycles. The predicted molar refractivity (Wildman–Crippen MR) is 92.3 cm³/mol. The van der Waals surface area contributed by atoms with Crippen molar-refractivity contribution in [1.82, 2.24) is 15.2 Å². The van der Waals surface area contributed by atoms with Crippen molar-refractivity contribution >= 4 is 23.5 Å². The fourth-order valence-electron chi connectivity index (χ4n) is 1.97. The van der Waals surface area contributed by atoms with Gasteiger partial charge in [0, 0.05) is 17.5 Å².